The summed E-state index contributed by atoms with van der Waals surface area (Å²) in [6, 6.07) is 16.9. The van der Waals surface area contributed by atoms with E-state index in [9.17, 15) is 4.79 Å². The van der Waals surface area contributed by atoms with Crippen LogP contribution in [0.1, 0.15) is 51.5 Å². The van der Waals surface area contributed by atoms with Gasteiger partial charge in [-0.05, 0) is 43.7 Å². The highest BCUT2D eigenvalue weighted by Crippen LogP contribution is 2.42. The Labute approximate surface area is 310 Å². The van der Waals surface area contributed by atoms with E-state index in [2.05, 4.69) is 12.2 Å². The molecule has 4 fully saturated rings. The zero-order chi connectivity index (χ0) is 36.7. The van der Waals surface area contributed by atoms with E-state index in [1.54, 1.807) is 26.0 Å². The number of fused-ring (bicyclic) bond motifs is 2. The van der Waals surface area contributed by atoms with Gasteiger partial charge < -0.3 is 57.4 Å². The van der Waals surface area contributed by atoms with Crippen LogP contribution in [-0.4, -0.2) is 119 Å². The van der Waals surface area contributed by atoms with Crippen LogP contribution in [0, 0.1) is 0 Å². The van der Waals surface area contributed by atoms with E-state index < -0.39 is 42.7 Å². The molecule has 4 heterocycles. The Hall–Kier alpha value is -2.34. The molecule has 2 aromatic rings. The first-order valence-electron chi connectivity index (χ1n) is 18.0. The smallest absolute Gasteiger partial charge is 0.217 e. The Balaban J connectivity index is 1.05. The van der Waals surface area contributed by atoms with Gasteiger partial charge in [0.2, 0.25) is 5.91 Å². The van der Waals surface area contributed by atoms with Gasteiger partial charge in [-0.1, -0.05) is 49.4 Å². The number of thioether (sulfide) groups is 1. The van der Waals surface area contributed by atoms with Gasteiger partial charge in [-0.25, -0.2) is 0 Å². The summed E-state index contributed by atoms with van der Waals surface area (Å²) in [5, 5.41) is 2.96. The SMILES string of the molecule is CCS[C@@H]1O[C@H](COCCCO[C@@H]2[C@@H](NC(C)=O)[C@H](OC)O[C@@H]3CO[C@@H](c4ccccc4)O[C@@H]23)[C@@H]2OC(C)(C)O[C@@H]2[C@H]1OCc1ccc(OC)cc1. The summed E-state index contributed by atoms with van der Waals surface area (Å²) in [6.07, 6.45) is -3.64. The Morgan fingerprint density at radius 1 is 0.923 bits per heavy atom. The number of nitrogens with one attached hydrogen (secondary N) is 1. The number of benzene rings is 2. The molecular formula is C38H53NO12S. The van der Waals surface area contributed by atoms with Gasteiger partial charge in [0.15, 0.2) is 18.4 Å². The summed E-state index contributed by atoms with van der Waals surface area (Å²) in [5.74, 6) is 0.622. The first-order chi connectivity index (χ1) is 25.2. The Bertz CT molecular complexity index is 1400. The fraction of sp³-hybridized carbons (Fsp3) is 0.658. The highest BCUT2D eigenvalue weighted by molar-refractivity contribution is 7.99. The molecule has 0 saturated carbocycles. The number of hydrogen-bond donors (Lipinski definition) is 1. The lowest BCUT2D eigenvalue weighted by Crippen LogP contribution is -2.67. The summed E-state index contributed by atoms with van der Waals surface area (Å²) >= 11 is 1.68. The summed E-state index contributed by atoms with van der Waals surface area (Å²) in [6.45, 7) is 9.15. The van der Waals surface area contributed by atoms with E-state index in [0.717, 1.165) is 22.6 Å². The number of amides is 1. The van der Waals surface area contributed by atoms with Crippen molar-refractivity contribution in [3.8, 4) is 5.75 Å². The van der Waals surface area contributed by atoms with Crippen molar-refractivity contribution in [3.63, 3.8) is 0 Å². The third kappa shape index (κ3) is 9.66. The number of ether oxygens (including phenoxy) is 11. The molecule has 0 radical (unpaired) electrons. The minimum Gasteiger partial charge on any atom is -0.497 e. The van der Waals surface area contributed by atoms with Gasteiger partial charge >= 0.3 is 0 Å². The van der Waals surface area contributed by atoms with Crippen LogP contribution in [-0.2, 0) is 58.8 Å². The van der Waals surface area contributed by atoms with Crippen molar-refractivity contribution >= 4 is 17.7 Å². The lowest BCUT2D eigenvalue weighted by Gasteiger charge is -2.49. The maximum Gasteiger partial charge on any atom is 0.217 e. The molecule has 1 N–H and O–H groups in total. The Kier molecular flexibility index (Phi) is 13.9. The summed E-state index contributed by atoms with van der Waals surface area (Å²) in [7, 11) is 3.19. The quantitative estimate of drug-likeness (QED) is 0.245. The van der Waals surface area contributed by atoms with Crippen LogP contribution < -0.4 is 10.1 Å². The van der Waals surface area contributed by atoms with Crippen LogP contribution in [0.3, 0.4) is 0 Å². The average Bonchev–Trinajstić information content (AvgIpc) is 3.48. The maximum atomic E-state index is 12.2. The van der Waals surface area contributed by atoms with Crippen molar-refractivity contribution in [3.05, 3.63) is 65.7 Å². The third-order valence-corrected chi connectivity index (χ3v) is 10.4. The monoisotopic (exact) mass is 747 g/mol. The molecule has 4 saturated heterocycles. The fourth-order valence-corrected chi connectivity index (χ4v) is 8.05. The molecule has 4 aliphatic heterocycles. The molecular weight excluding hydrogens is 694 g/mol. The molecule has 0 aliphatic carbocycles. The molecule has 0 aromatic heterocycles. The van der Waals surface area contributed by atoms with E-state index in [0.29, 0.717) is 32.8 Å². The third-order valence-electron chi connectivity index (χ3n) is 9.40. The first kappa shape index (κ1) is 39.4. The second-order valence-corrected chi connectivity index (χ2v) is 15.0. The molecule has 0 unspecified atom stereocenters. The maximum absolute atomic E-state index is 12.2. The van der Waals surface area contributed by atoms with Crippen molar-refractivity contribution in [2.24, 2.45) is 0 Å². The van der Waals surface area contributed by atoms with E-state index >= 15 is 0 Å². The minimum atomic E-state index is -0.796. The van der Waals surface area contributed by atoms with E-state index in [4.69, 9.17) is 52.1 Å². The van der Waals surface area contributed by atoms with Gasteiger partial charge in [0.05, 0.1) is 26.9 Å². The van der Waals surface area contributed by atoms with Crippen LogP contribution >= 0.6 is 11.8 Å². The summed E-state index contributed by atoms with van der Waals surface area (Å²) in [5.41, 5.74) is 1.65. The Morgan fingerprint density at radius 3 is 2.40 bits per heavy atom. The largest absolute Gasteiger partial charge is 0.497 e. The highest BCUT2D eigenvalue weighted by atomic mass is 32.2. The molecule has 2 aromatic carbocycles. The first-order valence-corrected chi connectivity index (χ1v) is 19.1. The van der Waals surface area contributed by atoms with Crippen molar-refractivity contribution in [1.82, 2.24) is 5.32 Å². The highest BCUT2D eigenvalue weighted by Gasteiger charge is 2.56. The minimum absolute atomic E-state index is 0.224. The zero-order valence-corrected chi connectivity index (χ0v) is 31.6. The predicted octanol–water partition coefficient (Wildman–Crippen LogP) is 4.36. The average molecular weight is 748 g/mol. The molecule has 6 rings (SSSR count). The number of rotatable bonds is 16. The van der Waals surface area contributed by atoms with Gasteiger partial charge in [0.1, 0.15) is 60.0 Å². The van der Waals surface area contributed by atoms with Gasteiger partial charge in [0, 0.05) is 32.8 Å². The molecule has 288 valence electrons. The van der Waals surface area contributed by atoms with Crippen LogP contribution in [0.25, 0.3) is 0 Å². The number of carbonyl (C=O) groups excluding carboxylic acids is 1. The topological polar surface area (TPSA) is 131 Å². The van der Waals surface area contributed by atoms with Gasteiger partial charge in [-0.3, -0.25) is 4.79 Å². The molecule has 13 nitrogen and oxygen atoms in total. The van der Waals surface area contributed by atoms with Crippen molar-refractivity contribution < 1.29 is 56.9 Å². The van der Waals surface area contributed by atoms with Crippen LogP contribution in [0.5, 0.6) is 5.75 Å². The lowest BCUT2D eigenvalue weighted by molar-refractivity contribution is -0.345. The van der Waals surface area contributed by atoms with Gasteiger partial charge in [0.25, 0.3) is 0 Å². The van der Waals surface area contributed by atoms with Crippen molar-refractivity contribution in [2.75, 3.05) is 46.4 Å². The lowest BCUT2D eigenvalue weighted by atomic mass is 9.95. The molecule has 11 atom stereocenters. The normalized spacial score (nSPS) is 33.9. The molecule has 52 heavy (non-hydrogen) atoms. The van der Waals surface area contributed by atoms with E-state index in [-0.39, 0.29) is 42.4 Å². The zero-order valence-electron chi connectivity index (χ0n) is 30.8. The van der Waals surface area contributed by atoms with Crippen molar-refractivity contribution in [1.29, 1.82) is 0 Å². The molecule has 1 amide bonds. The second-order valence-electron chi connectivity index (χ2n) is 13.6. The van der Waals surface area contributed by atoms with Gasteiger partial charge in [-0.15, -0.1) is 11.8 Å². The molecule has 0 spiro atoms. The van der Waals surface area contributed by atoms with Crippen molar-refractivity contribution in [2.45, 2.75) is 113 Å². The van der Waals surface area contributed by atoms with Crippen LogP contribution in [0.4, 0.5) is 0 Å². The second kappa shape index (κ2) is 18.3. The predicted molar refractivity (Wildman–Crippen MR) is 191 cm³/mol. The van der Waals surface area contributed by atoms with E-state index in [1.165, 1.54) is 6.92 Å². The standard InChI is InChI=1S/C38H53NO12S/c1-7-52-37-34(45-20-24-14-16-26(41-5)17-15-24)33-31(50-38(3,4)51-33)27(48-37)21-43-18-11-19-44-32-29(39-23(2)40)36(42-6)47-28-22-46-35(49-30(28)32)25-12-9-8-10-13-25/h8-10,12-17,27-37H,7,11,18-22H2,1-6H3,(H,39,40)/t27-,28-,29-,30-,31+,32-,33+,34-,35-,36-,37+/m1/s1. The number of hydrogen-bond acceptors (Lipinski definition) is 13. The molecule has 0 bridgehead atoms. The summed E-state index contributed by atoms with van der Waals surface area (Å²) < 4.78 is 68.1. The van der Waals surface area contributed by atoms with Gasteiger partial charge in [-0.2, -0.15) is 0 Å². The van der Waals surface area contributed by atoms with E-state index in [1.807, 2.05) is 68.4 Å². The Morgan fingerprint density at radius 2 is 1.69 bits per heavy atom. The number of methoxy groups -OCH3 is 2. The van der Waals surface area contributed by atoms with Crippen LogP contribution in [0.15, 0.2) is 54.6 Å². The number of carbonyl (C=O) groups is 1. The summed E-state index contributed by atoms with van der Waals surface area (Å²) in [4.78, 5) is 12.2. The van der Waals surface area contributed by atoms with Crippen LogP contribution in [0.2, 0.25) is 0 Å². The molecule has 4 aliphatic rings. The fourth-order valence-electron chi connectivity index (χ4n) is 7.08. The molecule has 14 heteroatoms.